The van der Waals surface area contributed by atoms with Crippen LogP contribution in [-0.4, -0.2) is 33.4 Å². The lowest BCUT2D eigenvalue weighted by Crippen LogP contribution is -2.36. The lowest BCUT2D eigenvalue weighted by atomic mass is 10.0. The Morgan fingerprint density at radius 2 is 2.09 bits per heavy atom. The summed E-state index contributed by atoms with van der Waals surface area (Å²) in [6, 6.07) is 9.15. The van der Waals surface area contributed by atoms with Crippen LogP contribution < -0.4 is 5.32 Å². The van der Waals surface area contributed by atoms with Crippen LogP contribution in [0.1, 0.15) is 36.0 Å². The van der Waals surface area contributed by atoms with Crippen LogP contribution in [0.3, 0.4) is 0 Å². The molecule has 1 amide bonds. The highest BCUT2D eigenvalue weighted by atomic mass is 16.3. The number of hydrogen-bond donors (Lipinski definition) is 2. The number of rotatable bonds is 5. The van der Waals surface area contributed by atoms with E-state index in [0.29, 0.717) is 18.0 Å². The molecule has 22 heavy (non-hydrogen) atoms. The number of aliphatic hydroxyl groups excluding tert-OH is 1. The van der Waals surface area contributed by atoms with Crippen molar-refractivity contribution in [2.45, 2.75) is 31.8 Å². The average Bonchev–Trinajstić information content (AvgIpc) is 3.24. The number of amides is 1. The summed E-state index contributed by atoms with van der Waals surface area (Å²) in [7, 11) is 0. The fourth-order valence-electron chi connectivity index (χ4n) is 3.08. The lowest BCUT2D eigenvalue weighted by Gasteiger charge is -2.18. The van der Waals surface area contributed by atoms with Crippen LogP contribution in [0.25, 0.3) is 5.69 Å². The quantitative estimate of drug-likeness (QED) is 0.889. The topological polar surface area (TPSA) is 67.2 Å². The van der Waals surface area contributed by atoms with E-state index >= 15 is 0 Å². The average molecular weight is 299 g/mol. The van der Waals surface area contributed by atoms with Crippen LogP contribution in [0.2, 0.25) is 0 Å². The molecule has 116 valence electrons. The summed E-state index contributed by atoms with van der Waals surface area (Å²) < 4.78 is 1.67. The molecule has 3 rings (SSSR count). The molecular weight excluding hydrogens is 278 g/mol. The van der Waals surface area contributed by atoms with Gasteiger partial charge in [-0.15, -0.1) is 0 Å². The maximum atomic E-state index is 12.4. The third-order valence-corrected chi connectivity index (χ3v) is 4.32. The lowest BCUT2D eigenvalue weighted by molar-refractivity contribution is 0.0840. The zero-order chi connectivity index (χ0) is 15.4. The van der Waals surface area contributed by atoms with Gasteiger partial charge in [-0.25, -0.2) is 4.68 Å². The van der Waals surface area contributed by atoms with Gasteiger partial charge in [0.05, 0.1) is 17.4 Å². The Labute approximate surface area is 130 Å². The molecule has 1 heterocycles. The number of aliphatic hydroxyl groups is 1. The predicted molar refractivity (Wildman–Crippen MR) is 83.9 cm³/mol. The standard InChI is InChI=1S/C17H21N3O2/c21-16(13-6-1-2-7-13)12-18-17(22)14-8-3-4-9-15(14)20-11-5-10-19-20/h3-5,8-11,13,16,21H,1-2,6-7,12H2,(H,18,22). The molecule has 1 aliphatic carbocycles. The minimum Gasteiger partial charge on any atom is -0.391 e. The van der Waals surface area contributed by atoms with Crippen molar-refractivity contribution in [3.63, 3.8) is 0 Å². The van der Waals surface area contributed by atoms with Crippen molar-refractivity contribution < 1.29 is 9.90 Å². The van der Waals surface area contributed by atoms with Gasteiger partial charge in [-0.2, -0.15) is 5.10 Å². The maximum Gasteiger partial charge on any atom is 0.253 e. The molecule has 1 unspecified atom stereocenters. The summed E-state index contributed by atoms with van der Waals surface area (Å²) >= 11 is 0. The van der Waals surface area contributed by atoms with E-state index in [-0.39, 0.29) is 5.91 Å². The first kappa shape index (κ1) is 14.8. The summed E-state index contributed by atoms with van der Waals surface area (Å²) in [6.07, 6.45) is 7.50. The molecule has 2 N–H and O–H groups in total. The van der Waals surface area contributed by atoms with E-state index in [0.717, 1.165) is 18.5 Å². The highest BCUT2D eigenvalue weighted by Crippen LogP contribution is 2.27. The van der Waals surface area contributed by atoms with Gasteiger partial charge in [0.2, 0.25) is 0 Å². The zero-order valence-electron chi connectivity index (χ0n) is 12.5. The SMILES string of the molecule is O=C(NCC(O)C1CCCC1)c1ccccc1-n1cccn1. The predicted octanol–water partition coefficient (Wildman–Crippen LogP) is 2.15. The van der Waals surface area contributed by atoms with Gasteiger partial charge < -0.3 is 10.4 Å². The molecular formula is C17H21N3O2. The van der Waals surface area contributed by atoms with Crippen molar-refractivity contribution in [2.24, 2.45) is 5.92 Å². The monoisotopic (exact) mass is 299 g/mol. The van der Waals surface area contributed by atoms with Crippen LogP contribution in [0.15, 0.2) is 42.7 Å². The summed E-state index contributed by atoms with van der Waals surface area (Å²) in [5, 5.41) is 17.2. The fraction of sp³-hybridized carbons (Fsp3) is 0.412. The van der Waals surface area contributed by atoms with Gasteiger partial charge in [0.25, 0.3) is 5.91 Å². The third-order valence-electron chi connectivity index (χ3n) is 4.32. The van der Waals surface area contributed by atoms with Crippen LogP contribution in [-0.2, 0) is 0 Å². The Morgan fingerprint density at radius 1 is 1.32 bits per heavy atom. The molecule has 5 heteroatoms. The molecule has 1 saturated carbocycles. The van der Waals surface area contributed by atoms with E-state index in [9.17, 15) is 9.90 Å². The number of nitrogens with one attached hydrogen (secondary N) is 1. The first-order valence-corrected chi connectivity index (χ1v) is 7.81. The number of para-hydroxylation sites is 1. The van der Waals surface area contributed by atoms with Gasteiger partial charge in [0, 0.05) is 18.9 Å². The zero-order valence-corrected chi connectivity index (χ0v) is 12.5. The number of hydrogen-bond acceptors (Lipinski definition) is 3. The van der Waals surface area contributed by atoms with Gasteiger partial charge in [0.1, 0.15) is 0 Å². The molecule has 0 spiro atoms. The van der Waals surface area contributed by atoms with E-state index in [1.54, 1.807) is 23.1 Å². The van der Waals surface area contributed by atoms with Crippen molar-refractivity contribution >= 4 is 5.91 Å². The minimum absolute atomic E-state index is 0.178. The van der Waals surface area contributed by atoms with Crippen LogP contribution in [0.4, 0.5) is 0 Å². The molecule has 0 aliphatic heterocycles. The molecule has 1 atom stereocenters. The normalized spacial score (nSPS) is 16.6. The third kappa shape index (κ3) is 3.20. The van der Waals surface area contributed by atoms with E-state index in [4.69, 9.17) is 0 Å². The second-order valence-electron chi connectivity index (χ2n) is 5.79. The molecule has 1 aliphatic rings. The Bertz CT molecular complexity index is 619. The van der Waals surface area contributed by atoms with Gasteiger partial charge in [-0.1, -0.05) is 25.0 Å². The highest BCUT2D eigenvalue weighted by molar-refractivity contribution is 5.97. The van der Waals surface area contributed by atoms with Crippen LogP contribution in [0.5, 0.6) is 0 Å². The number of nitrogens with zero attached hydrogens (tertiary/aromatic N) is 2. The first-order chi connectivity index (χ1) is 10.8. The van der Waals surface area contributed by atoms with Gasteiger partial charge >= 0.3 is 0 Å². The van der Waals surface area contributed by atoms with E-state index in [1.165, 1.54) is 12.8 Å². The smallest absolute Gasteiger partial charge is 0.253 e. The summed E-state index contributed by atoms with van der Waals surface area (Å²) in [6.45, 7) is 0.303. The Kier molecular flexibility index (Phi) is 4.53. The van der Waals surface area contributed by atoms with Crippen molar-refractivity contribution in [3.8, 4) is 5.69 Å². The highest BCUT2D eigenvalue weighted by Gasteiger charge is 2.23. The van der Waals surface area contributed by atoms with Gasteiger partial charge in [-0.05, 0) is 37.0 Å². The first-order valence-electron chi connectivity index (χ1n) is 7.81. The maximum absolute atomic E-state index is 12.4. The van der Waals surface area contributed by atoms with Gasteiger partial charge in [-0.3, -0.25) is 4.79 Å². The van der Waals surface area contributed by atoms with Crippen molar-refractivity contribution in [3.05, 3.63) is 48.3 Å². The molecule has 1 aromatic carbocycles. The van der Waals surface area contributed by atoms with E-state index < -0.39 is 6.10 Å². The number of carbonyl (C=O) groups excluding carboxylic acids is 1. The molecule has 2 aromatic rings. The molecule has 0 radical (unpaired) electrons. The van der Waals surface area contributed by atoms with E-state index in [1.807, 2.05) is 24.3 Å². The number of benzene rings is 1. The molecule has 5 nitrogen and oxygen atoms in total. The fourth-order valence-corrected chi connectivity index (χ4v) is 3.08. The van der Waals surface area contributed by atoms with Crippen LogP contribution >= 0.6 is 0 Å². The number of carbonyl (C=O) groups is 1. The molecule has 0 bridgehead atoms. The second-order valence-corrected chi connectivity index (χ2v) is 5.79. The van der Waals surface area contributed by atoms with Gasteiger partial charge in [0.15, 0.2) is 0 Å². The van der Waals surface area contributed by atoms with Crippen molar-refractivity contribution in [2.75, 3.05) is 6.54 Å². The molecule has 0 saturated heterocycles. The molecule has 1 aromatic heterocycles. The summed E-state index contributed by atoms with van der Waals surface area (Å²) in [5.41, 5.74) is 1.30. The Morgan fingerprint density at radius 3 is 2.82 bits per heavy atom. The number of aromatic nitrogens is 2. The van der Waals surface area contributed by atoms with Crippen molar-refractivity contribution in [1.29, 1.82) is 0 Å². The second kappa shape index (κ2) is 6.75. The minimum atomic E-state index is -0.455. The van der Waals surface area contributed by atoms with E-state index in [2.05, 4.69) is 10.4 Å². The van der Waals surface area contributed by atoms with Crippen LogP contribution in [0, 0.1) is 5.92 Å². The summed E-state index contributed by atoms with van der Waals surface area (Å²) in [4.78, 5) is 12.4. The Balaban J connectivity index is 1.67. The summed E-state index contributed by atoms with van der Waals surface area (Å²) in [5.74, 6) is 0.143. The van der Waals surface area contributed by atoms with Crippen molar-refractivity contribution in [1.82, 2.24) is 15.1 Å². The Hall–Kier alpha value is -2.14. The largest absolute Gasteiger partial charge is 0.391 e. The molecule has 1 fully saturated rings.